The number of carboxylic acid groups (broad SMARTS) is 1. The minimum atomic E-state index is -4.13. The van der Waals surface area contributed by atoms with E-state index in [2.05, 4.69) is 4.72 Å². The van der Waals surface area contributed by atoms with E-state index in [9.17, 15) is 26.0 Å². The normalized spacial score (nSPS) is 13.9. The van der Waals surface area contributed by atoms with Gasteiger partial charge in [0.05, 0.1) is 26.7 Å². The van der Waals surface area contributed by atoms with Crippen molar-refractivity contribution in [1.82, 2.24) is 0 Å². The molecule has 0 aliphatic carbocycles. The molecule has 8 nitrogen and oxygen atoms in total. The highest BCUT2D eigenvalue weighted by atomic mass is 32.2. The van der Waals surface area contributed by atoms with Crippen LogP contribution in [0.25, 0.3) is 0 Å². The molecule has 3 aromatic rings. The monoisotopic (exact) mass is 490 g/mol. The van der Waals surface area contributed by atoms with Gasteiger partial charge in [-0.05, 0) is 73.0 Å². The second kappa shape index (κ2) is 8.49. The van der Waals surface area contributed by atoms with E-state index in [4.69, 9.17) is 5.11 Å². The first-order valence-electron chi connectivity index (χ1n) is 9.85. The van der Waals surface area contributed by atoms with Crippen molar-refractivity contribution in [2.24, 2.45) is 0 Å². The topological polar surface area (TPSA) is 121 Å². The molecule has 1 heterocycles. The number of fused-ring (bicyclic) bond motifs is 1. The lowest BCUT2D eigenvalue weighted by Gasteiger charge is -2.31. The van der Waals surface area contributed by atoms with E-state index in [1.807, 2.05) is 0 Å². The lowest BCUT2D eigenvalue weighted by Crippen LogP contribution is -2.35. The van der Waals surface area contributed by atoms with Crippen LogP contribution in [0.15, 0.2) is 76.5 Å². The summed E-state index contributed by atoms with van der Waals surface area (Å²) >= 11 is 0. The Labute approximate surface area is 190 Å². The smallest absolute Gasteiger partial charge is 0.335 e. The van der Waals surface area contributed by atoms with Gasteiger partial charge in [-0.25, -0.2) is 26.0 Å². The molecule has 4 rings (SSSR count). The molecule has 33 heavy (non-hydrogen) atoms. The van der Waals surface area contributed by atoms with Crippen LogP contribution in [0.5, 0.6) is 0 Å². The molecule has 0 spiro atoms. The Morgan fingerprint density at radius 1 is 0.939 bits per heavy atom. The average molecular weight is 491 g/mol. The van der Waals surface area contributed by atoms with Crippen LogP contribution in [-0.4, -0.2) is 34.5 Å². The summed E-state index contributed by atoms with van der Waals surface area (Å²) < 4.78 is 68.8. The molecule has 0 unspecified atom stereocenters. The molecule has 0 fully saturated rings. The predicted molar refractivity (Wildman–Crippen MR) is 120 cm³/mol. The van der Waals surface area contributed by atoms with Gasteiger partial charge in [-0.2, -0.15) is 0 Å². The van der Waals surface area contributed by atoms with Gasteiger partial charge in [0.25, 0.3) is 20.0 Å². The summed E-state index contributed by atoms with van der Waals surface area (Å²) in [6.07, 6.45) is 1.18. The number of sulfonamides is 2. The van der Waals surface area contributed by atoms with Crippen LogP contribution >= 0.6 is 0 Å². The third-order valence-corrected chi connectivity index (χ3v) is 8.41. The fourth-order valence-electron chi connectivity index (χ4n) is 3.60. The van der Waals surface area contributed by atoms with E-state index in [1.165, 1.54) is 46.8 Å². The number of hydrogen-bond donors (Lipinski definition) is 2. The van der Waals surface area contributed by atoms with Gasteiger partial charge >= 0.3 is 5.97 Å². The summed E-state index contributed by atoms with van der Waals surface area (Å²) in [6, 6.07) is 14.0. The minimum Gasteiger partial charge on any atom is -0.478 e. The quantitative estimate of drug-likeness (QED) is 0.546. The number of aromatic carboxylic acids is 1. The van der Waals surface area contributed by atoms with Gasteiger partial charge in [-0.15, -0.1) is 0 Å². The first-order valence-corrected chi connectivity index (χ1v) is 12.8. The number of halogens is 1. The maximum Gasteiger partial charge on any atom is 0.335 e. The molecule has 11 heteroatoms. The molecule has 0 aromatic heterocycles. The third-order valence-electron chi connectivity index (χ3n) is 5.21. The minimum absolute atomic E-state index is 0.0757. The van der Waals surface area contributed by atoms with Gasteiger partial charge in [0.15, 0.2) is 0 Å². The maximum absolute atomic E-state index is 13.3. The van der Waals surface area contributed by atoms with Gasteiger partial charge in [0.2, 0.25) is 0 Å². The number of carboxylic acids is 1. The fourth-order valence-corrected chi connectivity index (χ4v) is 6.23. The molecular weight excluding hydrogens is 471 g/mol. The molecule has 172 valence electrons. The van der Waals surface area contributed by atoms with E-state index in [-0.39, 0.29) is 27.6 Å². The van der Waals surface area contributed by atoms with Crippen LogP contribution < -0.4 is 9.03 Å². The number of anilines is 2. The summed E-state index contributed by atoms with van der Waals surface area (Å²) in [5, 5.41) is 9.11. The van der Waals surface area contributed by atoms with Gasteiger partial charge in [0.1, 0.15) is 5.82 Å². The predicted octanol–water partition coefficient (Wildman–Crippen LogP) is 3.47. The summed E-state index contributed by atoms with van der Waals surface area (Å²) in [5.74, 6) is -1.82. The molecule has 0 saturated carbocycles. The summed E-state index contributed by atoms with van der Waals surface area (Å²) in [6.45, 7) is 0.184. The zero-order valence-corrected chi connectivity index (χ0v) is 18.7. The van der Waals surface area contributed by atoms with Crippen LogP contribution in [0.1, 0.15) is 22.3 Å². The van der Waals surface area contributed by atoms with E-state index in [0.29, 0.717) is 18.5 Å². The molecule has 2 N–H and O–H groups in total. The Bertz CT molecular complexity index is 1440. The van der Waals surface area contributed by atoms with Crippen molar-refractivity contribution in [1.29, 1.82) is 0 Å². The lowest BCUT2D eigenvalue weighted by molar-refractivity contribution is 0.0696. The second-order valence-electron chi connectivity index (χ2n) is 7.42. The summed E-state index contributed by atoms with van der Waals surface area (Å²) in [5.41, 5.74) is 0.989. The van der Waals surface area contributed by atoms with Crippen molar-refractivity contribution >= 4 is 37.4 Å². The molecule has 3 aromatic carbocycles. The van der Waals surface area contributed by atoms with Gasteiger partial charge < -0.3 is 5.11 Å². The van der Waals surface area contributed by atoms with Gasteiger partial charge in [0, 0.05) is 6.54 Å². The number of nitrogens with one attached hydrogen (secondary N) is 1. The number of rotatable bonds is 6. The Balaban J connectivity index is 1.69. The average Bonchev–Trinajstić information content (AvgIpc) is 2.78. The first-order chi connectivity index (χ1) is 15.6. The maximum atomic E-state index is 13.3. The standard InChI is InChI=1S/C22H19FN2O6S2/c23-17-7-10-19(11-8-17)33(30,31)25-12-2-4-15-6-9-18(14-21(15)25)24-32(28,29)20-5-1-3-16(13-20)22(26)27/h1,3,5-11,13-14,24H,2,4,12H2,(H,26,27). The molecule has 1 aliphatic heterocycles. The third kappa shape index (κ3) is 4.55. The van der Waals surface area contributed by atoms with Crippen LogP contribution in [0, 0.1) is 5.82 Å². The molecule has 0 amide bonds. The summed E-state index contributed by atoms with van der Waals surface area (Å²) in [7, 11) is -8.12. The fraction of sp³-hybridized carbons (Fsp3) is 0.136. The Morgan fingerprint density at radius 3 is 2.36 bits per heavy atom. The first kappa shape index (κ1) is 22.7. The Morgan fingerprint density at radius 2 is 1.67 bits per heavy atom. The van der Waals surface area contributed by atoms with Crippen molar-refractivity contribution < 1.29 is 31.1 Å². The van der Waals surface area contributed by atoms with Crippen molar-refractivity contribution in [2.75, 3.05) is 15.6 Å². The number of carbonyl (C=O) groups is 1. The van der Waals surface area contributed by atoms with Crippen molar-refractivity contribution in [2.45, 2.75) is 22.6 Å². The number of hydrogen-bond acceptors (Lipinski definition) is 5. The molecule has 0 saturated heterocycles. The Hall–Kier alpha value is -3.44. The zero-order chi connectivity index (χ0) is 23.8. The van der Waals surface area contributed by atoms with E-state index >= 15 is 0 Å². The van der Waals surface area contributed by atoms with Gasteiger partial charge in [-0.3, -0.25) is 9.03 Å². The lowest BCUT2D eigenvalue weighted by atomic mass is 10.0. The number of benzene rings is 3. The molecule has 0 bridgehead atoms. The van der Waals surface area contributed by atoms with Crippen LogP contribution in [-0.2, 0) is 26.5 Å². The molecule has 1 aliphatic rings. The molecule has 0 atom stereocenters. The number of nitrogens with zero attached hydrogens (tertiary/aromatic N) is 1. The SMILES string of the molecule is O=C(O)c1cccc(S(=O)(=O)Nc2ccc3c(c2)N(S(=O)(=O)c2ccc(F)cc2)CCC3)c1. The van der Waals surface area contributed by atoms with Crippen LogP contribution in [0.2, 0.25) is 0 Å². The second-order valence-corrected chi connectivity index (χ2v) is 11.0. The highest BCUT2D eigenvalue weighted by molar-refractivity contribution is 7.93. The largest absolute Gasteiger partial charge is 0.478 e. The van der Waals surface area contributed by atoms with E-state index in [0.717, 1.165) is 23.8 Å². The van der Waals surface area contributed by atoms with Crippen LogP contribution in [0.4, 0.5) is 15.8 Å². The van der Waals surface area contributed by atoms with Gasteiger partial charge in [-0.1, -0.05) is 12.1 Å². The van der Waals surface area contributed by atoms with Crippen LogP contribution in [0.3, 0.4) is 0 Å². The highest BCUT2D eigenvalue weighted by Gasteiger charge is 2.30. The summed E-state index contributed by atoms with van der Waals surface area (Å²) in [4.78, 5) is 10.9. The molecular formula is C22H19FN2O6S2. The number of aryl methyl sites for hydroxylation is 1. The van der Waals surface area contributed by atoms with E-state index in [1.54, 1.807) is 6.07 Å². The van der Waals surface area contributed by atoms with E-state index < -0.39 is 31.8 Å². The molecule has 0 radical (unpaired) electrons. The van der Waals surface area contributed by atoms with Crippen molar-refractivity contribution in [3.63, 3.8) is 0 Å². The highest BCUT2D eigenvalue weighted by Crippen LogP contribution is 2.34. The van der Waals surface area contributed by atoms with Crippen molar-refractivity contribution in [3.05, 3.63) is 83.7 Å². The Kier molecular flexibility index (Phi) is 5.85. The van der Waals surface area contributed by atoms with Crippen molar-refractivity contribution in [3.8, 4) is 0 Å². The zero-order valence-electron chi connectivity index (χ0n) is 17.1.